The number of carbonyl (C=O) groups is 1. The molecule has 0 amide bonds. The van der Waals surface area contributed by atoms with Crippen LogP contribution < -0.4 is 31.8 Å². The third kappa shape index (κ3) is 13.0. The normalized spacial score (nSPS) is 12.4. The molecular formula is C85H68Cl2OP2. The number of carbonyl (C=O) groups excluding carboxylic acids is 1. The molecule has 0 aromatic heterocycles. The molecule has 14 aromatic carbocycles. The van der Waals surface area contributed by atoms with Crippen LogP contribution in [0, 0.1) is 0 Å². The number of aldehydes is 1. The quantitative estimate of drug-likeness (QED) is 0.0568. The molecule has 438 valence electrons. The number of rotatable bonds is 15. The molecule has 14 aromatic rings. The van der Waals surface area contributed by atoms with Crippen LogP contribution in [-0.4, -0.2) is 6.29 Å². The predicted octanol–water partition coefficient (Wildman–Crippen LogP) is 21.0. The maximum Gasteiger partial charge on any atom is 0.150 e. The fourth-order valence-electron chi connectivity index (χ4n) is 12.3. The summed E-state index contributed by atoms with van der Waals surface area (Å²) in [7, 11) is 0. The smallest absolute Gasteiger partial charge is 0.150 e. The van der Waals surface area contributed by atoms with Crippen LogP contribution in [0.4, 0.5) is 0 Å². The molecule has 0 unspecified atom stereocenters. The molecule has 0 fully saturated rings. The molecule has 0 aliphatic heterocycles. The molecule has 0 bridgehead atoms. The standard InChI is InChI=1S/C44H38Cl2P2.C30H22.C11H8O/c45-47(39-19-7-1-8-20-39,40-21-9-2-10-22-40,41-23-11-3-12-24-41)35-37-31-33-38(34-32-37)36-48(46,42-25-13-4-14-26-42,43-27-15-5-16-28-43)44-29-17-6-18-30-44;1-3-7-29-21-25(17-19-27(29)5-1)15-13-23-9-11-24(12-10-23)14-16-26-18-20-28-6-2-4-8-30(28)22-26;12-8-9-5-6-10-3-1-2-4-11(10)7-9/h1-34H,35-36H2;1-22H;1-8H/b;15-13+,16-14+;. The average molecular weight is 1240 g/mol. The summed E-state index contributed by atoms with van der Waals surface area (Å²) in [5.41, 5.74) is 7.95. The SMILES string of the molecule is C(=C\c1ccc2ccccc2c1)/c1ccc(/C=C/c2ccc3ccccc3c2)cc1.ClP(Cc1ccc(CP(Cl)(c2ccccc2)(c2ccccc2)c2ccccc2)cc1)(c1ccccc1)(c1ccccc1)c1ccccc1.O=Cc1ccc2ccccc2c1. The molecular weight excluding hydrogens is 1170 g/mol. The summed E-state index contributed by atoms with van der Waals surface area (Å²) in [6.07, 6.45) is 10.9. The number of fused-ring (bicyclic) bond motifs is 3. The minimum absolute atomic E-state index is 0.687. The first-order chi connectivity index (χ1) is 44.2. The summed E-state index contributed by atoms with van der Waals surface area (Å²) in [6.45, 7) is 0. The van der Waals surface area contributed by atoms with Crippen molar-refractivity contribution >= 4 is 129 Å². The van der Waals surface area contributed by atoms with Gasteiger partial charge in [0.1, 0.15) is 6.29 Å². The second kappa shape index (κ2) is 27.5. The van der Waals surface area contributed by atoms with Crippen molar-refractivity contribution < 1.29 is 4.79 Å². The molecule has 0 heterocycles. The second-order valence-corrected chi connectivity index (χ2v) is 35.7. The topological polar surface area (TPSA) is 17.1 Å². The molecule has 14 rings (SSSR count). The molecule has 0 radical (unpaired) electrons. The van der Waals surface area contributed by atoms with Gasteiger partial charge in [-0.1, -0.05) is 158 Å². The molecule has 0 saturated carbocycles. The van der Waals surface area contributed by atoms with E-state index >= 15 is 0 Å². The molecule has 0 aliphatic carbocycles. The van der Waals surface area contributed by atoms with Crippen LogP contribution in [0.3, 0.4) is 0 Å². The fraction of sp³-hybridized carbons (Fsp3) is 0.0235. The van der Waals surface area contributed by atoms with Crippen molar-refractivity contribution in [3.8, 4) is 0 Å². The number of halogens is 2. The van der Waals surface area contributed by atoms with Gasteiger partial charge in [-0.2, -0.15) is 0 Å². The Balaban J connectivity index is 0.000000157. The zero-order valence-electron chi connectivity index (χ0n) is 49.9. The van der Waals surface area contributed by atoms with E-state index in [9.17, 15) is 4.79 Å². The van der Waals surface area contributed by atoms with Gasteiger partial charge in [-0.15, -0.1) is 0 Å². The largest absolute Gasteiger partial charge is 0.298 e. The number of benzene rings is 14. The molecule has 0 N–H and O–H groups in total. The molecule has 5 heteroatoms. The van der Waals surface area contributed by atoms with Crippen LogP contribution >= 0.6 is 34.4 Å². The van der Waals surface area contributed by atoms with E-state index < -0.39 is 11.9 Å². The Kier molecular flexibility index (Phi) is 18.5. The first-order valence-corrected chi connectivity index (χ1v) is 37.1. The van der Waals surface area contributed by atoms with Gasteiger partial charge in [0.2, 0.25) is 0 Å². The first-order valence-electron chi connectivity index (χ1n) is 30.4. The van der Waals surface area contributed by atoms with Crippen LogP contribution in [0.25, 0.3) is 56.6 Å². The summed E-state index contributed by atoms with van der Waals surface area (Å²) >= 11 is 16.9. The van der Waals surface area contributed by atoms with E-state index in [-0.39, 0.29) is 0 Å². The van der Waals surface area contributed by atoms with E-state index in [0.29, 0.717) is 12.3 Å². The summed E-state index contributed by atoms with van der Waals surface area (Å²) in [6, 6.07) is 126. The van der Waals surface area contributed by atoms with Gasteiger partial charge in [0.05, 0.1) is 0 Å². The Labute approximate surface area is 539 Å². The Hall–Kier alpha value is -9.55. The van der Waals surface area contributed by atoms with Crippen LogP contribution in [0.5, 0.6) is 0 Å². The van der Waals surface area contributed by atoms with Crippen molar-refractivity contribution in [3.05, 3.63) is 397 Å². The number of hydrogen-bond acceptors (Lipinski definition) is 1. The molecule has 0 aliphatic rings. The Morgan fingerprint density at radius 1 is 0.222 bits per heavy atom. The van der Waals surface area contributed by atoms with Crippen molar-refractivity contribution in [2.45, 2.75) is 12.3 Å². The molecule has 90 heavy (non-hydrogen) atoms. The molecule has 0 spiro atoms. The van der Waals surface area contributed by atoms with E-state index in [2.05, 4.69) is 340 Å². The first kappa shape index (κ1) is 60.7. The van der Waals surface area contributed by atoms with E-state index in [1.165, 1.54) is 60.3 Å². The zero-order chi connectivity index (χ0) is 61.5. The van der Waals surface area contributed by atoms with Gasteiger partial charge in [0.25, 0.3) is 0 Å². The summed E-state index contributed by atoms with van der Waals surface area (Å²) < 4.78 is 0. The third-order valence-corrected chi connectivity index (χ3v) is 31.5. The van der Waals surface area contributed by atoms with Gasteiger partial charge in [0.15, 0.2) is 0 Å². The van der Waals surface area contributed by atoms with E-state index in [1.807, 2.05) is 42.5 Å². The summed E-state index contributed by atoms with van der Waals surface area (Å²) in [4.78, 5) is 10.5. The fourth-order valence-corrected chi connectivity index (χ4v) is 24.6. The van der Waals surface area contributed by atoms with Crippen molar-refractivity contribution in [2.24, 2.45) is 0 Å². The van der Waals surface area contributed by atoms with E-state index in [1.54, 1.807) is 0 Å². The number of hydrogen-bond donors (Lipinski definition) is 0. The maximum atomic E-state index is 10.5. The van der Waals surface area contributed by atoms with Crippen molar-refractivity contribution in [2.75, 3.05) is 0 Å². The minimum atomic E-state index is -3.47. The van der Waals surface area contributed by atoms with Gasteiger partial charge < -0.3 is 0 Å². The van der Waals surface area contributed by atoms with Crippen LogP contribution in [0.2, 0.25) is 0 Å². The molecule has 0 atom stereocenters. The Morgan fingerprint density at radius 2 is 0.433 bits per heavy atom. The second-order valence-electron chi connectivity index (χ2n) is 22.8. The van der Waals surface area contributed by atoms with Gasteiger partial charge in [-0.05, 0) is 72.8 Å². The molecule has 1 nitrogen and oxygen atoms in total. The minimum Gasteiger partial charge on any atom is -0.298 e. The van der Waals surface area contributed by atoms with Crippen molar-refractivity contribution in [1.29, 1.82) is 0 Å². The van der Waals surface area contributed by atoms with Crippen LogP contribution in [-0.2, 0) is 12.3 Å². The van der Waals surface area contributed by atoms with Gasteiger partial charge in [-0.3, -0.25) is 4.79 Å². The predicted molar refractivity (Wildman–Crippen MR) is 397 cm³/mol. The van der Waals surface area contributed by atoms with Gasteiger partial charge >= 0.3 is 296 Å². The summed E-state index contributed by atoms with van der Waals surface area (Å²) in [5.74, 6) is -6.94. The van der Waals surface area contributed by atoms with Crippen molar-refractivity contribution in [1.82, 2.24) is 0 Å². The monoisotopic (exact) mass is 1240 g/mol. The zero-order valence-corrected chi connectivity index (χ0v) is 53.2. The van der Waals surface area contributed by atoms with Crippen molar-refractivity contribution in [3.63, 3.8) is 0 Å². The average Bonchev–Trinajstić information content (AvgIpc) is 0.722. The van der Waals surface area contributed by atoms with E-state index in [4.69, 9.17) is 22.5 Å². The van der Waals surface area contributed by atoms with Gasteiger partial charge in [0, 0.05) is 5.56 Å². The maximum absolute atomic E-state index is 10.5. The Morgan fingerprint density at radius 3 is 0.700 bits per heavy atom. The van der Waals surface area contributed by atoms with Gasteiger partial charge in [-0.25, -0.2) is 0 Å². The van der Waals surface area contributed by atoms with Crippen LogP contribution in [0.15, 0.2) is 358 Å². The Bertz CT molecular complexity index is 4290. The van der Waals surface area contributed by atoms with E-state index in [0.717, 1.165) is 49.1 Å². The van der Waals surface area contributed by atoms with Crippen LogP contribution in [0.1, 0.15) is 43.7 Å². The third-order valence-electron chi connectivity index (χ3n) is 17.1. The molecule has 0 saturated heterocycles. The summed E-state index contributed by atoms with van der Waals surface area (Å²) in [5, 5.41) is 14.3.